The number of anilines is 1. The van der Waals surface area contributed by atoms with Gasteiger partial charge in [0.25, 0.3) is 0 Å². The summed E-state index contributed by atoms with van der Waals surface area (Å²) in [5, 5.41) is 0.272. The van der Waals surface area contributed by atoms with Gasteiger partial charge in [-0.2, -0.15) is 4.31 Å². The molecule has 3 rings (SSSR count). The van der Waals surface area contributed by atoms with Crippen LogP contribution in [0, 0.1) is 0 Å². The maximum absolute atomic E-state index is 12.9. The fourth-order valence-electron chi connectivity index (χ4n) is 3.45. The molecule has 0 aliphatic carbocycles. The summed E-state index contributed by atoms with van der Waals surface area (Å²) in [5.41, 5.74) is 5.76. The summed E-state index contributed by atoms with van der Waals surface area (Å²) in [6.45, 7) is 8.33. The SMILES string of the molecule is CCN1CCN(C2CCN(S(=O)(=O)c3cc(Cl)cnc3N)C2)CC1. The molecule has 2 saturated heterocycles. The van der Waals surface area contributed by atoms with Crippen LogP contribution in [0.2, 0.25) is 5.02 Å². The second-order valence-electron chi connectivity index (χ2n) is 6.31. The second kappa shape index (κ2) is 7.13. The number of halogens is 1. The summed E-state index contributed by atoms with van der Waals surface area (Å²) in [6.07, 6.45) is 2.20. The first-order chi connectivity index (χ1) is 11.4. The topological polar surface area (TPSA) is 82.8 Å². The molecule has 1 aromatic heterocycles. The number of aromatic nitrogens is 1. The van der Waals surface area contributed by atoms with Crippen LogP contribution in [0.3, 0.4) is 0 Å². The number of nitrogens with zero attached hydrogens (tertiary/aromatic N) is 4. The van der Waals surface area contributed by atoms with Gasteiger partial charge in [0.15, 0.2) is 0 Å². The molecular weight excluding hydrogens is 350 g/mol. The van der Waals surface area contributed by atoms with Crippen LogP contribution in [-0.2, 0) is 10.0 Å². The van der Waals surface area contributed by atoms with Gasteiger partial charge in [-0.25, -0.2) is 13.4 Å². The van der Waals surface area contributed by atoms with E-state index in [1.807, 2.05) is 0 Å². The third-order valence-corrected chi connectivity index (χ3v) is 7.06. The van der Waals surface area contributed by atoms with E-state index in [1.54, 1.807) is 0 Å². The monoisotopic (exact) mass is 373 g/mol. The average molecular weight is 374 g/mol. The van der Waals surface area contributed by atoms with E-state index in [2.05, 4.69) is 21.7 Å². The summed E-state index contributed by atoms with van der Waals surface area (Å²) in [5.74, 6) is -0.000546. The number of sulfonamides is 1. The molecule has 0 spiro atoms. The molecule has 7 nitrogen and oxygen atoms in total. The molecule has 134 valence electrons. The predicted molar refractivity (Wildman–Crippen MR) is 94.5 cm³/mol. The lowest BCUT2D eigenvalue weighted by molar-refractivity contribution is 0.104. The highest BCUT2D eigenvalue weighted by molar-refractivity contribution is 7.89. The van der Waals surface area contributed by atoms with E-state index in [9.17, 15) is 8.42 Å². The number of nitrogens with two attached hydrogens (primary N) is 1. The number of rotatable bonds is 4. The molecule has 0 bridgehead atoms. The Morgan fingerprint density at radius 2 is 2.00 bits per heavy atom. The van der Waals surface area contributed by atoms with Gasteiger partial charge < -0.3 is 10.6 Å². The maximum Gasteiger partial charge on any atom is 0.246 e. The number of likely N-dealkylation sites (N-methyl/N-ethyl adjacent to an activating group) is 1. The van der Waals surface area contributed by atoms with Crippen LogP contribution < -0.4 is 5.73 Å². The maximum atomic E-state index is 12.9. The van der Waals surface area contributed by atoms with E-state index < -0.39 is 10.0 Å². The molecule has 1 atom stereocenters. The van der Waals surface area contributed by atoms with Crippen LogP contribution in [0.15, 0.2) is 17.2 Å². The number of pyridine rings is 1. The Labute approximate surface area is 148 Å². The Bertz CT molecular complexity index is 691. The van der Waals surface area contributed by atoms with Crippen molar-refractivity contribution >= 4 is 27.4 Å². The van der Waals surface area contributed by atoms with Gasteiger partial charge >= 0.3 is 0 Å². The van der Waals surface area contributed by atoms with Crippen molar-refractivity contribution in [1.29, 1.82) is 0 Å². The minimum absolute atomic E-state index is 0.000546. The molecule has 9 heteroatoms. The van der Waals surface area contributed by atoms with Gasteiger partial charge in [0.05, 0.1) is 5.02 Å². The normalized spacial score (nSPS) is 24.5. The smallest absolute Gasteiger partial charge is 0.246 e. The van der Waals surface area contributed by atoms with Crippen LogP contribution in [0.5, 0.6) is 0 Å². The van der Waals surface area contributed by atoms with Gasteiger partial charge in [-0.1, -0.05) is 18.5 Å². The summed E-state index contributed by atoms with van der Waals surface area (Å²) in [4.78, 5) is 8.69. The van der Waals surface area contributed by atoms with Gasteiger partial charge in [0, 0.05) is 51.5 Å². The third kappa shape index (κ3) is 3.52. The van der Waals surface area contributed by atoms with Gasteiger partial charge in [0.2, 0.25) is 10.0 Å². The molecule has 1 aromatic rings. The Hall–Kier alpha value is -0.930. The van der Waals surface area contributed by atoms with Gasteiger partial charge in [-0.15, -0.1) is 0 Å². The van der Waals surface area contributed by atoms with Crippen molar-refractivity contribution in [3.05, 3.63) is 17.3 Å². The quantitative estimate of drug-likeness (QED) is 0.837. The summed E-state index contributed by atoms with van der Waals surface area (Å²) < 4.78 is 27.2. The summed E-state index contributed by atoms with van der Waals surface area (Å²) in [6, 6.07) is 1.65. The average Bonchev–Trinajstić information content (AvgIpc) is 3.08. The predicted octanol–water partition coefficient (Wildman–Crippen LogP) is 0.718. The van der Waals surface area contributed by atoms with Gasteiger partial charge in [0.1, 0.15) is 10.7 Å². The van der Waals surface area contributed by atoms with Crippen LogP contribution in [0.25, 0.3) is 0 Å². The largest absolute Gasteiger partial charge is 0.383 e. The molecule has 24 heavy (non-hydrogen) atoms. The number of nitrogen functional groups attached to an aromatic ring is 1. The molecule has 2 N–H and O–H groups in total. The van der Waals surface area contributed by atoms with Gasteiger partial charge in [-0.3, -0.25) is 4.90 Å². The van der Waals surface area contributed by atoms with E-state index >= 15 is 0 Å². The van der Waals surface area contributed by atoms with Crippen LogP contribution in [0.1, 0.15) is 13.3 Å². The molecule has 0 saturated carbocycles. The van der Waals surface area contributed by atoms with Crippen molar-refractivity contribution in [2.75, 3.05) is 51.5 Å². The molecular formula is C15H24ClN5O2S. The first-order valence-corrected chi connectivity index (χ1v) is 10.1. The Kier molecular flexibility index (Phi) is 5.31. The van der Waals surface area contributed by atoms with E-state index in [0.717, 1.165) is 39.1 Å². The lowest BCUT2D eigenvalue weighted by atomic mass is 10.2. The van der Waals surface area contributed by atoms with Crippen molar-refractivity contribution < 1.29 is 8.42 Å². The second-order valence-corrected chi connectivity index (χ2v) is 8.66. The number of hydrogen-bond acceptors (Lipinski definition) is 6. The highest BCUT2D eigenvalue weighted by atomic mass is 35.5. The molecule has 0 aromatic carbocycles. The molecule has 2 fully saturated rings. The molecule has 3 heterocycles. The Balaban J connectivity index is 1.70. The lowest BCUT2D eigenvalue weighted by Gasteiger charge is -2.37. The zero-order valence-corrected chi connectivity index (χ0v) is 15.4. The molecule has 2 aliphatic rings. The fourth-order valence-corrected chi connectivity index (χ4v) is 5.26. The summed E-state index contributed by atoms with van der Waals surface area (Å²) in [7, 11) is -3.65. The van der Waals surface area contributed by atoms with E-state index in [1.165, 1.54) is 16.6 Å². The minimum atomic E-state index is -3.65. The lowest BCUT2D eigenvalue weighted by Crippen LogP contribution is -2.51. The van der Waals surface area contributed by atoms with Crippen LogP contribution >= 0.6 is 11.6 Å². The third-order valence-electron chi connectivity index (χ3n) is 4.96. The standard InChI is InChI=1S/C15H24ClN5O2S/c1-2-19-5-7-20(8-6-19)13-3-4-21(11-13)24(22,23)14-9-12(16)10-18-15(14)17/h9-10,13H,2-8,11H2,1H3,(H2,17,18). The summed E-state index contributed by atoms with van der Waals surface area (Å²) >= 11 is 5.89. The van der Waals surface area contributed by atoms with E-state index in [-0.39, 0.29) is 21.8 Å². The highest BCUT2D eigenvalue weighted by Gasteiger charge is 2.37. The van der Waals surface area contributed by atoms with Crippen molar-refractivity contribution in [1.82, 2.24) is 19.1 Å². The minimum Gasteiger partial charge on any atom is -0.383 e. The molecule has 0 amide bonds. The van der Waals surface area contributed by atoms with Crippen molar-refractivity contribution in [2.45, 2.75) is 24.3 Å². The number of piperazine rings is 1. The zero-order chi connectivity index (χ0) is 17.3. The van der Waals surface area contributed by atoms with E-state index in [0.29, 0.717) is 13.1 Å². The first-order valence-electron chi connectivity index (χ1n) is 8.29. The van der Waals surface area contributed by atoms with Crippen molar-refractivity contribution in [3.63, 3.8) is 0 Å². The first kappa shape index (κ1) is 17.9. The van der Waals surface area contributed by atoms with Crippen LogP contribution in [-0.4, -0.2) is 79.4 Å². The Morgan fingerprint density at radius 1 is 1.29 bits per heavy atom. The zero-order valence-electron chi connectivity index (χ0n) is 13.9. The highest BCUT2D eigenvalue weighted by Crippen LogP contribution is 2.28. The van der Waals surface area contributed by atoms with E-state index in [4.69, 9.17) is 17.3 Å². The van der Waals surface area contributed by atoms with Crippen molar-refractivity contribution in [2.24, 2.45) is 0 Å². The molecule has 1 unspecified atom stereocenters. The number of hydrogen-bond donors (Lipinski definition) is 1. The van der Waals surface area contributed by atoms with Gasteiger partial charge in [-0.05, 0) is 19.0 Å². The van der Waals surface area contributed by atoms with Crippen LogP contribution in [0.4, 0.5) is 5.82 Å². The fraction of sp³-hybridized carbons (Fsp3) is 0.667. The Morgan fingerprint density at radius 3 is 2.67 bits per heavy atom. The van der Waals surface area contributed by atoms with Crippen molar-refractivity contribution in [3.8, 4) is 0 Å². The molecule has 2 aliphatic heterocycles. The molecule has 0 radical (unpaired) electrons.